The fourth-order valence-electron chi connectivity index (χ4n) is 2.00. The molecule has 0 saturated carbocycles. The lowest BCUT2D eigenvalue weighted by molar-refractivity contribution is 0.400. The molecule has 0 radical (unpaired) electrons. The van der Waals surface area contributed by atoms with Crippen molar-refractivity contribution in [1.82, 2.24) is 9.55 Å². The molecule has 92 valence electrons. The highest BCUT2D eigenvalue weighted by molar-refractivity contribution is 5.29. The molecule has 0 aliphatic carbocycles. The molecule has 1 aromatic rings. The zero-order valence-electron chi connectivity index (χ0n) is 11.2. The van der Waals surface area contributed by atoms with Crippen LogP contribution in [0.2, 0.25) is 0 Å². The lowest BCUT2D eigenvalue weighted by atomic mass is 10.0. The van der Waals surface area contributed by atoms with E-state index in [2.05, 4.69) is 48.8 Å². The Bertz CT molecular complexity index is 317. The number of anilines is 1. The Labute approximate surface area is 99.3 Å². The van der Waals surface area contributed by atoms with Crippen LogP contribution in [0.25, 0.3) is 0 Å². The normalized spacial score (nSPS) is 14.8. The predicted molar refractivity (Wildman–Crippen MR) is 69.9 cm³/mol. The highest BCUT2D eigenvalue weighted by atomic mass is 15.2. The van der Waals surface area contributed by atoms with E-state index in [-0.39, 0.29) is 0 Å². The lowest BCUT2D eigenvalue weighted by Crippen LogP contribution is -2.12. The molecule has 0 aromatic carbocycles. The fourth-order valence-corrected chi connectivity index (χ4v) is 2.00. The van der Waals surface area contributed by atoms with Crippen molar-refractivity contribution in [2.75, 3.05) is 11.9 Å². The first kappa shape index (κ1) is 13.1. The van der Waals surface area contributed by atoms with Gasteiger partial charge in [0.2, 0.25) is 5.95 Å². The van der Waals surface area contributed by atoms with Crippen molar-refractivity contribution in [1.29, 1.82) is 0 Å². The van der Waals surface area contributed by atoms with Gasteiger partial charge in [-0.3, -0.25) is 0 Å². The monoisotopic (exact) mass is 223 g/mol. The van der Waals surface area contributed by atoms with Crippen molar-refractivity contribution in [2.24, 2.45) is 5.92 Å². The van der Waals surface area contributed by atoms with Gasteiger partial charge in [-0.15, -0.1) is 0 Å². The Morgan fingerprint density at radius 3 is 2.62 bits per heavy atom. The summed E-state index contributed by atoms with van der Waals surface area (Å²) in [5, 5.41) is 3.32. The van der Waals surface area contributed by atoms with E-state index in [1.807, 2.05) is 6.92 Å². The molecule has 16 heavy (non-hydrogen) atoms. The van der Waals surface area contributed by atoms with Crippen molar-refractivity contribution >= 4 is 5.95 Å². The third-order valence-electron chi connectivity index (χ3n) is 3.10. The van der Waals surface area contributed by atoms with Crippen molar-refractivity contribution in [3.63, 3.8) is 0 Å². The fraction of sp³-hybridized carbons (Fsp3) is 0.769. The molecule has 3 heteroatoms. The maximum Gasteiger partial charge on any atom is 0.203 e. The maximum absolute atomic E-state index is 4.51. The van der Waals surface area contributed by atoms with Gasteiger partial charge in [0, 0.05) is 18.8 Å². The van der Waals surface area contributed by atoms with Gasteiger partial charge >= 0.3 is 0 Å². The summed E-state index contributed by atoms with van der Waals surface area (Å²) in [6.45, 7) is 11.9. The second-order valence-corrected chi connectivity index (χ2v) is 4.74. The van der Waals surface area contributed by atoms with E-state index in [4.69, 9.17) is 0 Å². The van der Waals surface area contributed by atoms with Gasteiger partial charge in [0.05, 0.1) is 5.69 Å². The minimum Gasteiger partial charge on any atom is -0.356 e. The summed E-state index contributed by atoms with van der Waals surface area (Å²) in [5.41, 5.74) is 1.09. The molecule has 0 spiro atoms. The van der Waals surface area contributed by atoms with Crippen LogP contribution in [-0.2, 0) is 0 Å². The number of nitrogens with zero attached hydrogens (tertiary/aromatic N) is 2. The summed E-state index contributed by atoms with van der Waals surface area (Å²) in [7, 11) is 0. The van der Waals surface area contributed by atoms with Crippen molar-refractivity contribution < 1.29 is 0 Å². The first-order valence-electron chi connectivity index (χ1n) is 6.37. The molecule has 2 unspecified atom stereocenters. The molecular formula is C13H25N3. The molecular weight excluding hydrogens is 198 g/mol. The molecule has 2 atom stereocenters. The van der Waals surface area contributed by atoms with Crippen LogP contribution in [0.1, 0.15) is 52.3 Å². The van der Waals surface area contributed by atoms with Crippen LogP contribution in [0.4, 0.5) is 5.95 Å². The van der Waals surface area contributed by atoms with Crippen LogP contribution < -0.4 is 5.32 Å². The molecule has 0 bridgehead atoms. The average molecular weight is 223 g/mol. The first-order chi connectivity index (χ1) is 7.58. The van der Waals surface area contributed by atoms with E-state index in [1.54, 1.807) is 0 Å². The molecule has 0 aliphatic heterocycles. The van der Waals surface area contributed by atoms with Gasteiger partial charge in [0.25, 0.3) is 0 Å². The summed E-state index contributed by atoms with van der Waals surface area (Å²) in [5.74, 6) is 1.78. The van der Waals surface area contributed by atoms with E-state index in [1.165, 1.54) is 12.8 Å². The SMILES string of the molecule is CCNc1nc(C)cn1C(C)CC(C)CC. The number of rotatable bonds is 6. The van der Waals surface area contributed by atoms with Crippen LogP contribution in [0.5, 0.6) is 0 Å². The summed E-state index contributed by atoms with van der Waals surface area (Å²) in [6.07, 6.45) is 4.60. The van der Waals surface area contributed by atoms with E-state index in [9.17, 15) is 0 Å². The minimum atomic E-state index is 0.519. The number of nitrogens with one attached hydrogen (secondary N) is 1. The number of aryl methyl sites for hydroxylation is 1. The highest BCUT2D eigenvalue weighted by Gasteiger charge is 2.13. The number of hydrogen-bond acceptors (Lipinski definition) is 2. The summed E-state index contributed by atoms with van der Waals surface area (Å²) >= 11 is 0. The zero-order chi connectivity index (χ0) is 12.1. The molecule has 1 rings (SSSR count). The molecule has 1 heterocycles. The number of aromatic nitrogens is 2. The van der Waals surface area contributed by atoms with Crippen molar-refractivity contribution in [2.45, 2.75) is 53.5 Å². The standard InChI is InChI=1S/C13H25N3/c1-6-10(3)8-12(5)16-9-11(4)15-13(16)14-7-2/h9-10,12H,6-8H2,1-5H3,(H,14,15). The van der Waals surface area contributed by atoms with Crippen molar-refractivity contribution in [3.05, 3.63) is 11.9 Å². The Kier molecular flexibility index (Phi) is 4.84. The summed E-state index contributed by atoms with van der Waals surface area (Å²) in [4.78, 5) is 4.51. The Balaban J connectivity index is 2.76. The molecule has 0 saturated heterocycles. The van der Waals surface area contributed by atoms with E-state index >= 15 is 0 Å². The van der Waals surface area contributed by atoms with E-state index in [0.29, 0.717) is 6.04 Å². The van der Waals surface area contributed by atoms with Crippen LogP contribution in [-0.4, -0.2) is 16.1 Å². The second kappa shape index (κ2) is 5.92. The molecule has 3 nitrogen and oxygen atoms in total. The molecule has 0 aliphatic rings. The van der Waals surface area contributed by atoms with Crippen LogP contribution in [0.15, 0.2) is 6.20 Å². The van der Waals surface area contributed by atoms with Gasteiger partial charge in [0.15, 0.2) is 0 Å². The van der Waals surface area contributed by atoms with Crippen LogP contribution in [0.3, 0.4) is 0 Å². The molecule has 0 amide bonds. The Morgan fingerprint density at radius 2 is 2.06 bits per heavy atom. The quantitative estimate of drug-likeness (QED) is 0.798. The molecule has 1 aromatic heterocycles. The topological polar surface area (TPSA) is 29.9 Å². The Hall–Kier alpha value is -0.990. The van der Waals surface area contributed by atoms with E-state index < -0.39 is 0 Å². The third kappa shape index (κ3) is 3.26. The maximum atomic E-state index is 4.51. The lowest BCUT2D eigenvalue weighted by Gasteiger charge is -2.19. The van der Waals surface area contributed by atoms with Crippen molar-refractivity contribution in [3.8, 4) is 0 Å². The Morgan fingerprint density at radius 1 is 1.38 bits per heavy atom. The third-order valence-corrected chi connectivity index (χ3v) is 3.10. The minimum absolute atomic E-state index is 0.519. The summed E-state index contributed by atoms with van der Waals surface area (Å²) in [6, 6.07) is 0.519. The molecule has 1 N–H and O–H groups in total. The van der Waals surface area contributed by atoms with E-state index in [0.717, 1.165) is 24.1 Å². The van der Waals surface area contributed by atoms with Gasteiger partial charge in [0.1, 0.15) is 0 Å². The summed E-state index contributed by atoms with van der Waals surface area (Å²) < 4.78 is 2.27. The zero-order valence-corrected chi connectivity index (χ0v) is 11.2. The first-order valence-corrected chi connectivity index (χ1v) is 6.37. The van der Waals surface area contributed by atoms with Gasteiger partial charge in [-0.05, 0) is 33.1 Å². The number of hydrogen-bond donors (Lipinski definition) is 1. The molecule has 0 fully saturated rings. The van der Waals surface area contributed by atoms with Gasteiger partial charge in [-0.2, -0.15) is 0 Å². The van der Waals surface area contributed by atoms with Crippen LogP contribution >= 0.6 is 0 Å². The highest BCUT2D eigenvalue weighted by Crippen LogP contribution is 2.23. The number of imidazole rings is 1. The largest absolute Gasteiger partial charge is 0.356 e. The smallest absolute Gasteiger partial charge is 0.203 e. The average Bonchev–Trinajstić information content (AvgIpc) is 2.60. The second-order valence-electron chi connectivity index (χ2n) is 4.74. The van der Waals surface area contributed by atoms with Gasteiger partial charge in [-0.25, -0.2) is 4.98 Å². The predicted octanol–water partition coefficient (Wildman–Crippen LogP) is 3.62. The van der Waals surface area contributed by atoms with Gasteiger partial charge in [-0.1, -0.05) is 20.3 Å². The van der Waals surface area contributed by atoms with Gasteiger partial charge < -0.3 is 9.88 Å². The van der Waals surface area contributed by atoms with Crippen LogP contribution in [0, 0.1) is 12.8 Å².